The maximum Gasteiger partial charge on any atom is 0.247 e. The van der Waals surface area contributed by atoms with Crippen molar-refractivity contribution in [3.8, 4) is 23.8 Å². The summed E-state index contributed by atoms with van der Waals surface area (Å²) in [6, 6.07) is 6.46. The molecule has 4 unspecified atom stereocenters. The number of nitrogens with one attached hydrogen (secondary N) is 2. The number of rotatable bonds is 8. The highest BCUT2D eigenvalue weighted by atomic mass is 16.8. The Kier molecular flexibility index (Phi) is 7.40. The lowest BCUT2D eigenvalue weighted by atomic mass is 9.70. The van der Waals surface area contributed by atoms with Crippen LogP contribution in [-0.2, 0) is 6.42 Å². The van der Waals surface area contributed by atoms with Gasteiger partial charge in [0.05, 0.1) is 6.54 Å². The van der Waals surface area contributed by atoms with Gasteiger partial charge in [-0.15, -0.1) is 16.6 Å². The first-order valence-corrected chi connectivity index (χ1v) is 10.4. The monoisotopic (exact) mass is 410 g/mol. The van der Waals surface area contributed by atoms with Crippen molar-refractivity contribution >= 4 is 5.69 Å². The summed E-state index contributed by atoms with van der Waals surface area (Å²) in [6.07, 6.45) is 9.52. The normalized spacial score (nSPS) is 22.6. The van der Waals surface area contributed by atoms with Crippen molar-refractivity contribution < 1.29 is 14.9 Å². The number of aromatic nitrogens is 2. The van der Waals surface area contributed by atoms with Gasteiger partial charge in [0.15, 0.2) is 5.69 Å². The van der Waals surface area contributed by atoms with Crippen LogP contribution in [0.2, 0.25) is 0 Å². The van der Waals surface area contributed by atoms with Crippen molar-refractivity contribution in [2.45, 2.75) is 33.6 Å². The average molecular weight is 411 g/mol. The maximum absolute atomic E-state index is 11.0. The number of quaternary nitrogens is 1. The fourth-order valence-corrected chi connectivity index (χ4v) is 4.24. The van der Waals surface area contributed by atoms with Crippen LogP contribution in [0.15, 0.2) is 40.3 Å². The van der Waals surface area contributed by atoms with E-state index in [0.29, 0.717) is 48.4 Å². The number of hydrogen-bond donors (Lipinski definition) is 3. The van der Waals surface area contributed by atoms with Crippen LogP contribution < -0.4 is 10.5 Å². The highest BCUT2D eigenvalue weighted by Crippen LogP contribution is 2.38. The molecule has 1 aromatic heterocycles. The lowest BCUT2D eigenvalue weighted by molar-refractivity contribution is -0.991. The summed E-state index contributed by atoms with van der Waals surface area (Å²) in [4.78, 5) is 0. The van der Waals surface area contributed by atoms with Crippen LogP contribution in [0.4, 0.5) is 5.69 Å². The van der Waals surface area contributed by atoms with Gasteiger partial charge in [0.25, 0.3) is 0 Å². The van der Waals surface area contributed by atoms with Gasteiger partial charge in [-0.1, -0.05) is 31.4 Å². The molecule has 0 fully saturated rings. The van der Waals surface area contributed by atoms with E-state index >= 15 is 0 Å². The summed E-state index contributed by atoms with van der Waals surface area (Å²) in [5, 5.41) is 30.8. The number of benzene rings is 1. The van der Waals surface area contributed by atoms with Gasteiger partial charge in [0.2, 0.25) is 11.8 Å². The zero-order valence-electron chi connectivity index (χ0n) is 17.8. The van der Waals surface area contributed by atoms with Crippen LogP contribution in [0.5, 0.6) is 0 Å². The minimum Gasteiger partial charge on any atom is -0.595 e. The van der Waals surface area contributed by atoms with Gasteiger partial charge < -0.3 is 14.9 Å². The molecule has 0 aliphatic heterocycles. The Hall–Kier alpha value is -2.50. The second-order valence-electron chi connectivity index (χ2n) is 8.34. The van der Waals surface area contributed by atoms with E-state index in [1.54, 1.807) is 12.1 Å². The molecule has 3 rings (SSSR count). The van der Waals surface area contributed by atoms with Gasteiger partial charge in [-0.3, -0.25) is 0 Å². The van der Waals surface area contributed by atoms with E-state index in [0.717, 1.165) is 18.5 Å². The number of terminal acetylenes is 1. The van der Waals surface area contributed by atoms with E-state index in [1.807, 2.05) is 0 Å². The summed E-state index contributed by atoms with van der Waals surface area (Å²) < 4.78 is 5.89. The van der Waals surface area contributed by atoms with Gasteiger partial charge in [-0.25, -0.2) is 5.21 Å². The molecule has 1 heterocycles. The van der Waals surface area contributed by atoms with Gasteiger partial charge in [0, 0.05) is 30.7 Å². The summed E-state index contributed by atoms with van der Waals surface area (Å²) in [5.41, 5.74) is 2.30. The molecule has 4 atom stereocenters. The molecular weight excluding hydrogens is 380 g/mol. The fourth-order valence-electron chi connectivity index (χ4n) is 4.24. The largest absolute Gasteiger partial charge is 0.595 e. The van der Waals surface area contributed by atoms with Crippen molar-refractivity contribution in [1.29, 1.82) is 0 Å². The molecular formula is C23H30N4O3. The third kappa shape index (κ3) is 5.35. The third-order valence-corrected chi connectivity index (χ3v) is 5.96. The average Bonchev–Trinajstić information content (AvgIpc) is 3.18. The van der Waals surface area contributed by atoms with Crippen LogP contribution in [0.1, 0.15) is 33.1 Å². The van der Waals surface area contributed by atoms with Crippen molar-refractivity contribution in [2.24, 2.45) is 23.7 Å². The molecule has 160 valence electrons. The van der Waals surface area contributed by atoms with E-state index < -0.39 is 5.23 Å². The predicted molar refractivity (Wildman–Crippen MR) is 115 cm³/mol. The Bertz CT molecular complexity index is 896. The summed E-state index contributed by atoms with van der Waals surface area (Å²) >= 11 is 0. The summed E-state index contributed by atoms with van der Waals surface area (Å²) in [6.45, 7) is 8.22. The Labute approximate surface area is 177 Å². The fraction of sp³-hybridized carbons (Fsp3) is 0.478. The molecule has 7 heteroatoms. The van der Waals surface area contributed by atoms with Crippen LogP contribution in [0.25, 0.3) is 11.5 Å². The predicted octanol–water partition coefficient (Wildman–Crippen LogP) is 2.76. The van der Waals surface area contributed by atoms with Crippen molar-refractivity contribution in [3.63, 3.8) is 0 Å². The van der Waals surface area contributed by atoms with E-state index in [-0.39, 0.29) is 5.69 Å². The molecule has 0 saturated carbocycles. The Morgan fingerprint density at radius 1 is 1.33 bits per heavy atom. The SMILES string of the molecule is C#CCNCC1C=C(C)C(Cc2nnc(-c3ccc([NH+]([O-])O)cc3)o2)CC1C(C)C. The Morgan fingerprint density at radius 2 is 2.07 bits per heavy atom. The zero-order valence-corrected chi connectivity index (χ0v) is 17.8. The molecule has 3 N–H and O–H groups in total. The lowest BCUT2D eigenvalue weighted by Crippen LogP contribution is -2.99. The molecule has 0 saturated heterocycles. The third-order valence-electron chi connectivity index (χ3n) is 5.96. The van der Waals surface area contributed by atoms with Crippen LogP contribution >= 0.6 is 0 Å². The molecule has 1 aliphatic carbocycles. The van der Waals surface area contributed by atoms with Gasteiger partial charge >= 0.3 is 0 Å². The second kappa shape index (κ2) is 10.0. The van der Waals surface area contributed by atoms with Gasteiger partial charge in [0.1, 0.15) is 0 Å². The molecule has 2 aromatic rings. The first kappa shape index (κ1) is 22.2. The zero-order chi connectivity index (χ0) is 21.7. The highest BCUT2D eigenvalue weighted by Gasteiger charge is 2.32. The molecule has 1 aliphatic rings. The van der Waals surface area contributed by atoms with Crippen molar-refractivity contribution in [3.05, 3.63) is 47.0 Å². The molecule has 1 aromatic carbocycles. The van der Waals surface area contributed by atoms with E-state index in [2.05, 4.69) is 48.3 Å². The molecule has 0 bridgehead atoms. The topological polar surface area (TPSA) is 98.7 Å². The van der Waals surface area contributed by atoms with Crippen molar-refractivity contribution in [1.82, 2.24) is 15.5 Å². The molecule has 30 heavy (non-hydrogen) atoms. The minimum atomic E-state index is -0.958. The minimum absolute atomic E-state index is 0.229. The quantitative estimate of drug-likeness (QED) is 0.268. The summed E-state index contributed by atoms with van der Waals surface area (Å²) in [7, 11) is 0. The van der Waals surface area contributed by atoms with E-state index in [4.69, 9.17) is 16.0 Å². The number of allylic oxidation sites excluding steroid dienone is 1. The standard InChI is InChI=1S/C23H30N4O3/c1-5-10-24-14-19-11-16(4)18(12-21(19)15(2)3)13-22-25-26-23(30-22)17-6-8-20(9-7-17)27(28)29/h1,6-9,11,15,18-19,21,24,27-28H,10,12-14H2,2-4H3. The van der Waals surface area contributed by atoms with Gasteiger partial charge in [-0.2, -0.15) is 5.23 Å². The van der Waals surface area contributed by atoms with E-state index in [9.17, 15) is 5.21 Å². The number of hydrogen-bond acceptors (Lipinski definition) is 6. The van der Waals surface area contributed by atoms with Crippen LogP contribution in [0, 0.1) is 41.2 Å². The molecule has 0 radical (unpaired) electrons. The first-order chi connectivity index (χ1) is 14.4. The molecule has 7 nitrogen and oxygen atoms in total. The highest BCUT2D eigenvalue weighted by molar-refractivity contribution is 5.55. The first-order valence-electron chi connectivity index (χ1n) is 10.4. The smallest absolute Gasteiger partial charge is 0.247 e. The lowest BCUT2D eigenvalue weighted by Gasteiger charge is -2.37. The second-order valence-corrected chi connectivity index (χ2v) is 8.34. The summed E-state index contributed by atoms with van der Waals surface area (Å²) in [5.74, 6) is 5.63. The Morgan fingerprint density at radius 3 is 2.70 bits per heavy atom. The van der Waals surface area contributed by atoms with Crippen LogP contribution in [-0.4, -0.2) is 28.5 Å². The number of nitrogens with zero attached hydrogens (tertiary/aromatic N) is 2. The van der Waals surface area contributed by atoms with E-state index in [1.165, 1.54) is 17.7 Å². The maximum atomic E-state index is 11.0. The molecule has 0 spiro atoms. The van der Waals surface area contributed by atoms with Crippen LogP contribution in [0.3, 0.4) is 0 Å². The van der Waals surface area contributed by atoms with Gasteiger partial charge in [-0.05, 0) is 49.1 Å². The van der Waals surface area contributed by atoms with Crippen molar-refractivity contribution in [2.75, 3.05) is 13.1 Å². The molecule has 0 amide bonds. The Balaban J connectivity index is 1.70.